The molecule has 0 saturated heterocycles. The molecule has 1 aromatic carbocycles. The molecule has 106 valence electrons. The summed E-state index contributed by atoms with van der Waals surface area (Å²) in [5.41, 5.74) is 0.790. The zero-order chi connectivity index (χ0) is 15.0. The molecule has 2 heterocycles. The fourth-order valence-corrected chi connectivity index (χ4v) is 2.35. The third-order valence-corrected chi connectivity index (χ3v) is 3.29. The standard InChI is InChI=1S/C16H13NO4/c1-9(19)4-12-6-15(20)13-3-2-10-5-11(8-18)17-7-14(10)16(13)21-12/h2-3,5-7,18H,4,8H2,1H3. The minimum atomic E-state index is -0.180. The van der Waals surface area contributed by atoms with Crippen LogP contribution in [-0.4, -0.2) is 15.9 Å². The largest absolute Gasteiger partial charge is 0.460 e. The molecule has 5 heteroatoms. The molecule has 0 unspecified atom stereocenters. The van der Waals surface area contributed by atoms with Gasteiger partial charge in [0.25, 0.3) is 0 Å². The lowest BCUT2D eigenvalue weighted by atomic mass is 10.1. The molecule has 0 aliphatic rings. The van der Waals surface area contributed by atoms with Crippen molar-refractivity contribution < 1.29 is 14.3 Å². The predicted molar refractivity (Wildman–Crippen MR) is 78.1 cm³/mol. The van der Waals surface area contributed by atoms with E-state index in [0.29, 0.717) is 27.8 Å². The second kappa shape index (κ2) is 5.10. The van der Waals surface area contributed by atoms with Gasteiger partial charge in [-0.15, -0.1) is 0 Å². The Balaban J connectivity index is 2.34. The normalized spacial score (nSPS) is 11.1. The van der Waals surface area contributed by atoms with Gasteiger partial charge in [-0.3, -0.25) is 14.6 Å². The number of carbonyl (C=O) groups is 1. The van der Waals surface area contributed by atoms with Crippen LogP contribution >= 0.6 is 0 Å². The Morgan fingerprint density at radius 2 is 2.10 bits per heavy atom. The molecule has 0 radical (unpaired) electrons. The van der Waals surface area contributed by atoms with Gasteiger partial charge in [0.2, 0.25) is 0 Å². The minimum Gasteiger partial charge on any atom is -0.460 e. The van der Waals surface area contributed by atoms with Gasteiger partial charge < -0.3 is 9.52 Å². The fourth-order valence-electron chi connectivity index (χ4n) is 2.35. The van der Waals surface area contributed by atoms with Crippen LogP contribution in [0.5, 0.6) is 0 Å². The zero-order valence-corrected chi connectivity index (χ0v) is 11.4. The van der Waals surface area contributed by atoms with Crippen LogP contribution in [0, 0.1) is 0 Å². The van der Waals surface area contributed by atoms with Crippen LogP contribution in [0.2, 0.25) is 0 Å². The van der Waals surface area contributed by atoms with E-state index in [0.717, 1.165) is 5.39 Å². The van der Waals surface area contributed by atoms with Gasteiger partial charge in [0.1, 0.15) is 17.1 Å². The number of nitrogens with zero attached hydrogens (tertiary/aromatic N) is 1. The highest BCUT2D eigenvalue weighted by molar-refractivity contribution is 6.03. The molecule has 3 rings (SSSR count). The summed E-state index contributed by atoms with van der Waals surface area (Å²) in [5, 5.41) is 11.1. The molecule has 0 spiro atoms. The van der Waals surface area contributed by atoms with Crippen molar-refractivity contribution in [3.8, 4) is 0 Å². The zero-order valence-electron chi connectivity index (χ0n) is 11.4. The summed E-state index contributed by atoms with van der Waals surface area (Å²) in [6, 6.07) is 6.57. The van der Waals surface area contributed by atoms with Crippen molar-refractivity contribution >= 4 is 27.5 Å². The van der Waals surface area contributed by atoms with E-state index in [1.165, 1.54) is 13.0 Å². The van der Waals surface area contributed by atoms with E-state index in [1.807, 2.05) is 0 Å². The number of pyridine rings is 1. The summed E-state index contributed by atoms with van der Waals surface area (Å²) in [6.45, 7) is 1.30. The number of ketones is 1. The van der Waals surface area contributed by atoms with Crippen molar-refractivity contribution in [2.45, 2.75) is 20.0 Å². The van der Waals surface area contributed by atoms with E-state index >= 15 is 0 Å². The molecule has 0 aliphatic carbocycles. The quantitative estimate of drug-likeness (QED) is 0.743. The Labute approximate surface area is 119 Å². The first-order valence-corrected chi connectivity index (χ1v) is 6.53. The number of rotatable bonds is 3. The lowest BCUT2D eigenvalue weighted by Crippen LogP contribution is -2.05. The van der Waals surface area contributed by atoms with E-state index in [2.05, 4.69) is 4.98 Å². The van der Waals surface area contributed by atoms with Crippen LogP contribution in [0.25, 0.3) is 21.7 Å². The molecule has 3 aromatic rings. The molecule has 0 atom stereocenters. The van der Waals surface area contributed by atoms with Crippen LogP contribution in [0.1, 0.15) is 18.4 Å². The average molecular weight is 283 g/mol. The molecule has 5 nitrogen and oxygen atoms in total. The maximum absolute atomic E-state index is 12.1. The van der Waals surface area contributed by atoms with Crippen molar-refractivity contribution in [3.05, 3.63) is 52.1 Å². The van der Waals surface area contributed by atoms with E-state index in [9.17, 15) is 9.59 Å². The lowest BCUT2D eigenvalue weighted by molar-refractivity contribution is -0.116. The second-order valence-electron chi connectivity index (χ2n) is 4.95. The molecule has 1 N–H and O–H groups in total. The summed E-state index contributed by atoms with van der Waals surface area (Å²) < 4.78 is 5.72. The van der Waals surface area contributed by atoms with E-state index in [4.69, 9.17) is 9.52 Å². The topological polar surface area (TPSA) is 80.4 Å². The Kier molecular flexibility index (Phi) is 3.27. The monoisotopic (exact) mass is 283 g/mol. The average Bonchev–Trinajstić information content (AvgIpc) is 2.45. The number of carbonyl (C=O) groups excluding carboxylic acids is 1. The number of hydrogen-bond acceptors (Lipinski definition) is 5. The van der Waals surface area contributed by atoms with Crippen LogP contribution in [0.4, 0.5) is 0 Å². The molecule has 0 bridgehead atoms. The lowest BCUT2D eigenvalue weighted by Gasteiger charge is -2.06. The molecule has 0 fully saturated rings. The summed E-state index contributed by atoms with van der Waals surface area (Å²) in [5.74, 6) is 0.275. The molecular weight excluding hydrogens is 270 g/mol. The molecule has 0 saturated carbocycles. The molecule has 2 aromatic heterocycles. The smallest absolute Gasteiger partial charge is 0.192 e. The molecule has 0 amide bonds. The van der Waals surface area contributed by atoms with Gasteiger partial charge in [0, 0.05) is 17.6 Å². The van der Waals surface area contributed by atoms with E-state index in [-0.39, 0.29) is 24.2 Å². The maximum Gasteiger partial charge on any atom is 0.192 e. The Bertz CT molecular complexity index is 911. The summed E-state index contributed by atoms with van der Waals surface area (Å²) in [6.07, 6.45) is 1.66. The van der Waals surface area contributed by atoms with Crippen LogP contribution in [-0.2, 0) is 17.8 Å². The van der Waals surface area contributed by atoms with Gasteiger partial charge >= 0.3 is 0 Å². The van der Waals surface area contributed by atoms with Gasteiger partial charge in [-0.05, 0) is 24.4 Å². The van der Waals surface area contributed by atoms with Crippen molar-refractivity contribution in [2.24, 2.45) is 0 Å². The number of hydrogen-bond donors (Lipinski definition) is 1. The Morgan fingerprint density at radius 3 is 2.81 bits per heavy atom. The SMILES string of the molecule is CC(=O)Cc1cc(=O)c2ccc3cc(CO)ncc3c2o1. The highest BCUT2D eigenvalue weighted by atomic mass is 16.3. The predicted octanol–water partition coefficient (Wildman–Crippen LogP) is 1.97. The third-order valence-electron chi connectivity index (χ3n) is 3.29. The summed E-state index contributed by atoms with van der Waals surface area (Å²) in [7, 11) is 0. The maximum atomic E-state index is 12.1. The van der Waals surface area contributed by atoms with Crippen LogP contribution in [0.15, 0.2) is 39.7 Å². The van der Waals surface area contributed by atoms with Gasteiger partial charge in [-0.2, -0.15) is 0 Å². The number of Topliss-reactive ketones (excluding diaryl/α,β-unsaturated/α-hetero) is 1. The first kappa shape index (κ1) is 13.5. The number of aliphatic hydroxyl groups excluding tert-OH is 1. The van der Waals surface area contributed by atoms with Crippen LogP contribution in [0.3, 0.4) is 0 Å². The Hall–Kier alpha value is -2.53. The first-order valence-electron chi connectivity index (χ1n) is 6.53. The second-order valence-corrected chi connectivity index (χ2v) is 4.95. The summed E-state index contributed by atoms with van der Waals surface area (Å²) >= 11 is 0. The van der Waals surface area contributed by atoms with Crippen molar-refractivity contribution in [1.82, 2.24) is 4.98 Å². The highest BCUT2D eigenvalue weighted by Gasteiger charge is 2.10. The van der Waals surface area contributed by atoms with E-state index < -0.39 is 0 Å². The summed E-state index contributed by atoms with van der Waals surface area (Å²) in [4.78, 5) is 27.4. The highest BCUT2D eigenvalue weighted by Crippen LogP contribution is 2.24. The molecule has 21 heavy (non-hydrogen) atoms. The van der Waals surface area contributed by atoms with Gasteiger partial charge in [0.05, 0.1) is 24.1 Å². The van der Waals surface area contributed by atoms with Gasteiger partial charge in [-0.25, -0.2) is 0 Å². The van der Waals surface area contributed by atoms with Crippen molar-refractivity contribution in [3.63, 3.8) is 0 Å². The van der Waals surface area contributed by atoms with Crippen molar-refractivity contribution in [1.29, 1.82) is 0 Å². The van der Waals surface area contributed by atoms with Gasteiger partial charge in [-0.1, -0.05) is 6.07 Å². The number of aliphatic hydroxyl groups is 1. The number of fused-ring (bicyclic) bond motifs is 3. The van der Waals surface area contributed by atoms with Crippen LogP contribution < -0.4 is 5.43 Å². The molecular formula is C16H13NO4. The Morgan fingerprint density at radius 1 is 1.29 bits per heavy atom. The first-order chi connectivity index (χ1) is 10.1. The fraction of sp³-hybridized carbons (Fsp3) is 0.188. The number of benzene rings is 1. The van der Waals surface area contributed by atoms with Gasteiger partial charge in [0.15, 0.2) is 5.43 Å². The van der Waals surface area contributed by atoms with Crippen molar-refractivity contribution in [2.75, 3.05) is 0 Å². The number of aromatic nitrogens is 1. The minimum absolute atomic E-state index is 0.0709. The third kappa shape index (κ3) is 2.43. The van der Waals surface area contributed by atoms with E-state index in [1.54, 1.807) is 24.4 Å². The molecule has 0 aliphatic heterocycles.